The fourth-order valence-corrected chi connectivity index (χ4v) is 2.21. The van der Waals surface area contributed by atoms with Crippen LogP contribution in [0.3, 0.4) is 0 Å². The largest absolute Gasteiger partial charge is 0.378 e. The number of ether oxygens (including phenoxy) is 1. The first-order valence-electron chi connectivity index (χ1n) is 6.11. The topological polar surface area (TPSA) is 102 Å². The SMILES string of the molecule is CCOC1CC(Nc2nc(N)nc3[nH]ncc23)C1. The Morgan fingerprint density at radius 2 is 2.33 bits per heavy atom. The first-order chi connectivity index (χ1) is 8.76. The van der Waals surface area contributed by atoms with Gasteiger partial charge in [-0.05, 0) is 19.8 Å². The van der Waals surface area contributed by atoms with Gasteiger partial charge in [-0.3, -0.25) is 5.10 Å². The molecule has 2 aromatic heterocycles. The van der Waals surface area contributed by atoms with E-state index in [4.69, 9.17) is 10.5 Å². The van der Waals surface area contributed by atoms with Crippen molar-refractivity contribution in [1.29, 1.82) is 0 Å². The number of nitrogens with one attached hydrogen (secondary N) is 2. The van der Waals surface area contributed by atoms with Crippen LogP contribution < -0.4 is 11.1 Å². The van der Waals surface area contributed by atoms with Crippen molar-refractivity contribution in [2.24, 2.45) is 0 Å². The third-order valence-electron chi connectivity index (χ3n) is 3.17. The molecule has 0 amide bonds. The van der Waals surface area contributed by atoms with E-state index in [1.807, 2.05) is 6.92 Å². The van der Waals surface area contributed by atoms with Gasteiger partial charge < -0.3 is 15.8 Å². The minimum absolute atomic E-state index is 0.245. The minimum Gasteiger partial charge on any atom is -0.378 e. The molecule has 1 saturated carbocycles. The molecule has 0 saturated heterocycles. The summed E-state index contributed by atoms with van der Waals surface area (Å²) in [6.45, 7) is 2.78. The Hall–Kier alpha value is -1.89. The summed E-state index contributed by atoms with van der Waals surface area (Å²) in [4.78, 5) is 8.30. The molecule has 0 radical (unpaired) electrons. The minimum atomic E-state index is 0.245. The Kier molecular flexibility index (Phi) is 2.75. The maximum Gasteiger partial charge on any atom is 0.224 e. The van der Waals surface area contributed by atoms with Gasteiger partial charge >= 0.3 is 0 Å². The van der Waals surface area contributed by atoms with E-state index < -0.39 is 0 Å². The number of aromatic nitrogens is 4. The van der Waals surface area contributed by atoms with E-state index >= 15 is 0 Å². The van der Waals surface area contributed by atoms with Crippen molar-refractivity contribution in [1.82, 2.24) is 20.2 Å². The average Bonchev–Trinajstić information content (AvgIpc) is 2.74. The highest BCUT2D eigenvalue weighted by molar-refractivity contribution is 5.86. The van der Waals surface area contributed by atoms with Gasteiger partial charge in [-0.25, -0.2) is 0 Å². The maximum atomic E-state index is 5.66. The Balaban J connectivity index is 1.73. The molecule has 1 fully saturated rings. The summed E-state index contributed by atoms with van der Waals surface area (Å²) in [7, 11) is 0. The van der Waals surface area contributed by atoms with E-state index in [0.29, 0.717) is 17.8 Å². The lowest BCUT2D eigenvalue weighted by Crippen LogP contribution is -2.41. The molecule has 4 N–H and O–H groups in total. The van der Waals surface area contributed by atoms with Gasteiger partial charge in [0.25, 0.3) is 0 Å². The van der Waals surface area contributed by atoms with E-state index in [1.165, 1.54) is 0 Å². The molecular weight excluding hydrogens is 232 g/mol. The van der Waals surface area contributed by atoms with Crippen LogP contribution in [0.4, 0.5) is 11.8 Å². The van der Waals surface area contributed by atoms with Crippen molar-refractivity contribution in [2.45, 2.75) is 31.9 Å². The predicted octanol–water partition coefficient (Wildman–Crippen LogP) is 0.914. The Labute approximate surface area is 104 Å². The second-order valence-corrected chi connectivity index (χ2v) is 4.45. The maximum absolute atomic E-state index is 5.66. The summed E-state index contributed by atoms with van der Waals surface area (Å²) in [6, 6.07) is 0.383. The van der Waals surface area contributed by atoms with Crippen LogP contribution in [0.5, 0.6) is 0 Å². The van der Waals surface area contributed by atoms with Crippen LogP contribution in [0.15, 0.2) is 6.20 Å². The summed E-state index contributed by atoms with van der Waals surface area (Å²) >= 11 is 0. The zero-order valence-electron chi connectivity index (χ0n) is 10.2. The highest BCUT2D eigenvalue weighted by atomic mass is 16.5. The number of nitrogens with two attached hydrogens (primary N) is 1. The number of nitrogen functional groups attached to an aromatic ring is 1. The third-order valence-corrected chi connectivity index (χ3v) is 3.17. The van der Waals surface area contributed by atoms with Crippen LogP contribution in [-0.4, -0.2) is 38.9 Å². The summed E-state index contributed by atoms with van der Waals surface area (Å²) in [5, 5.41) is 11.0. The molecule has 18 heavy (non-hydrogen) atoms. The van der Waals surface area contributed by atoms with Crippen molar-refractivity contribution in [3.05, 3.63) is 6.20 Å². The molecule has 0 aromatic carbocycles. The lowest BCUT2D eigenvalue weighted by molar-refractivity contribution is 0.00295. The molecule has 0 aliphatic heterocycles. The Morgan fingerprint density at radius 3 is 3.11 bits per heavy atom. The van der Waals surface area contributed by atoms with Gasteiger partial charge in [0.15, 0.2) is 5.65 Å². The van der Waals surface area contributed by atoms with Crippen LogP contribution in [0.1, 0.15) is 19.8 Å². The second kappa shape index (κ2) is 4.41. The smallest absolute Gasteiger partial charge is 0.224 e. The fourth-order valence-electron chi connectivity index (χ4n) is 2.21. The fraction of sp³-hybridized carbons (Fsp3) is 0.545. The van der Waals surface area contributed by atoms with Gasteiger partial charge in [0.05, 0.1) is 17.7 Å². The van der Waals surface area contributed by atoms with Crippen LogP contribution in [0, 0.1) is 0 Å². The summed E-state index contributed by atoms with van der Waals surface area (Å²) < 4.78 is 5.53. The molecule has 3 rings (SSSR count). The Morgan fingerprint density at radius 1 is 1.50 bits per heavy atom. The number of rotatable bonds is 4. The lowest BCUT2D eigenvalue weighted by Gasteiger charge is -2.35. The van der Waals surface area contributed by atoms with Crippen molar-refractivity contribution in [3.63, 3.8) is 0 Å². The Bertz CT molecular complexity index is 547. The van der Waals surface area contributed by atoms with E-state index in [9.17, 15) is 0 Å². The zero-order valence-corrected chi connectivity index (χ0v) is 10.2. The molecular formula is C11H16N6O. The molecule has 0 atom stereocenters. The van der Waals surface area contributed by atoms with Gasteiger partial charge in [0.1, 0.15) is 5.82 Å². The monoisotopic (exact) mass is 248 g/mol. The van der Waals surface area contributed by atoms with Crippen LogP contribution in [0.2, 0.25) is 0 Å². The first kappa shape index (κ1) is 11.2. The number of hydrogen-bond donors (Lipinski definition) is 3. The van der Waals surface area contributed by atoms with Crippen LogP contribution >= 0.6 is 0 Å². The van der Waals surface area contributed by atoms with Crippen molar-refractivity contribution < 1.29 is 4.74 Å². The lowest BCUT2D eigenvalue weighted by atomic mass is 9.89. The normalized spacial score (nSPS) is 22.9. The standard InChI is InChI=1S/C11H16N6O/c1-2-18-7-3-6(4-7)14-9-8-5-13-17-10(8)16-11(12)15-9/h5-7H,2-4H2,1H3,(H4,12,13,14,15,16,17). The molecule has 7 heteroatoms. The molecule has 7 nitrogen and oxygen atoms in total. The molecule has 96 valence electrons. The van der Waals surface area contributed by atoms with Gasteiger partial charge in [-0.1, -0.05) is 0 Å². The van der Waals surface area contributed by atoms with Crippen LogP contribution in [-0.2, 0) is 4.74 Å². The van der Waals surface area contributed by atoms with Crippen molar-refractivity contribution in [3.8, 4) is 0 Å². The summed E-state index contributed by atoms with van der Waals surface area (Å²) in [6.07, 6.45) is 4.07. The van der Waals surface area contributed by atoms with Crippen LogP contribution in [0.25, 0.3) is 11.0 Å². The molecule has 0 unspecified atom stereocenters. The highest BCUT2D eigenvalue weighted by Crippen LogP contribution is 2.28. The van der Waals surface area contributed by atoms with E-state index in [-0.39, 0.29) is 5.95 Å². The third kappa shape index (κ3) is 1.97. The zero-order chi connectivity index (χ0) is 12.5. The summed E-state index contributed by atoms with van der Waals surface area (Å²) in [5.74, 6) is 0.987. The van der Waals surface area contributed by atoms with E-state index in [0.717, 1.165) is 30.7 Å². The number of anilines is 2. The van der Waals surface area contributed by atoms with Gasteiger partial charge in [-0.2, -0.15) is 15.1 Å². The molecule has 0 bridgehead atoms. The quantitative estimate of drug-likeness (QED) is 0.743. The van der Waals surface area contributed by atoms with Gasteiger partial charge in [0.2, 0.25) is 5.95 Å². The molecule has 0 spiro atoms. The molecule has 1 aliphatic rings. The number of hydrogen-bond acceptors (Lipinski definition) is 6. The van der Waals surface area contributed by atoms with Gasteiger partial charge in [-0.15, -0.1) is 0 Å². The molecule has 2 aromatic rings. The van der Waals surface area contributed by atoms with E-state index in [1.54, 1.807) is 6.20 Å². The predicted molar refractivity (Wildman–Crippen MR) is 68.2 cm³/mol. The number of H-pyrrole nitrogens is 1. The summed E-state index contributed by atoms with van der Waals surface area (Å²) in [5.41, 5.74) is 6.32. The van der Waals surface area contributed by atoms with E-state index in [2.05, 4.69) is 25.5 Å². The molecule has 1 aliphatic carbocycles. The number of fused-ring (bicyclic) bond motifs is 1. The average molecular weight is 248 g/mol. The van der Waals surface area contributed by atoms with Crippen molar-refractivity contribution in [2.75, 3.05) is 17.7 Å². The van der Waals surface area contributed by atoms with Gasteiger partial charge in [0, 0.05) is 12.6 Å². The number of nitrogens with zero attached hydrogens (tertiary/aromatic N) is 3. The first-order valence-corrected chi connectivity index (χ1v) is 6.11. The second-order valence-electron chi connectivity index (χ2n) is 4.45. The highest BCUT2D eigenvalue weighted by Gasteiger charge is 2.30. The van der Waals surface area contributed by atoms with Crippen molar-refractivity contribution >= 4 is 22.8 Å². The molecule has 2 heterocycles. The number of aromatic amines is 1.